The Kier molecular flexibility index (Phi) is 7.26. The lowest BCUT2D eigenvalue weighted by Crippen LogP contribution is -2.57. The van der Waals surface area contributed by atoms with Gasteiger partial charge >= 0.3 is 0 Å². The van der Waals surface area contributed by atoms with Gasteiger partial charge in [0.15, 0.2) is 0 Å². The molecule has 3 aliphatic rings. The molecule has 1 aromatic carbocycles. The van der Waals surface area contributed by atoms with Gasteiger partial charge in [-0.2, -0.15) is 22.3 Å². The van der Waals surface area contributed by atoms with E-state index in [1.54, 1.807) is 4.90 Å². The first-order valence-electron chi connectivity index (χ1n) is 12.0. The minimum absolute atomic E-state index is 0.124. The van der Waals surface area contributed by atoms with Crippen LogP contribution in [0.5, 0.6) is 0 Å². The molecule has 1 N–H and O–H groups in total. The summed E-state index contributed by atoms with van der Waals surface area (Å²) in [6, 6.07) is 9.39. The highest BCUT2D eigenvalue weighted by molar-refractivity contribution is 7.86. The average molecular weight is 488 g/mol. The molecule has 3 saturated heterocycles. The molecule has 9 nitrogen and oxygen atoms in total. The van der Waals surface area contributed by atoms with Crippen LogP contribution < -0.4 is 5.32 Å². The maximum atomic E-state index is 13.4. The van der Waals surface area contributed by atoms with E-state index in [1.807, 2.05) is 38.1 Å². The fourth-order valence-electron chi connectivity index (χ4n) is 5.01. The summed E-state index contributed by atoms with van der Waals surface area (Å²) in [7, 11) is -3.67. The van der Waals surface area contributed by atoms with Gasteiger partial charge in [0.1, 0.15) is 6.04 Å². The molecule has 2 amide bonds. The minimum atomic E-state index is -3.67. The van der Waals surface area contributed by atoms with Crippen molar-refractivity contribution in [3.05, 3.63) is 35.4 Å². The lowest BCUT2D eigenvalue weighted by Gasteiger charge is -2.41. The maximum Gasteiger partial charge on any atom is 0.282 e. The number of nitriles is 1. The fourth-order valence-corrected chi connectivity index (χ4v) is 6.80. The first kappa shape index (κ1) is 24.6. The molecule has 34 heavy (non-hydrogen) atoms. The Balaban J connectivity index is 1.38. The lowest BCUT2D eigenvalue weighted by molar-refractivity contribution is -0.142. The van der Waals surface area contributed by atoms with Crippen LogP contribution in [-0.2, 0) is 19.8 Å². The Hall–Kier alpha value is -2.48. The third-order valence-electron chi connectivity index (χ3n) is 7.19. The molecule has 0 aliphatic carbocycles. The molecule has 0 aromatic heterocycles. The zero-order valence-corrected chi connectivity index (χ0v) is 20.6. The highest BCUT2D eigenvalue weighted by Gasteiger charge is 2.44. The van der Waals surface area contributed by atoms with Crippen molar-refractivity contribution < 1.29 is 18.0 Å². The van der Waals surface area contributed by atoms with Crippen LogP contribution in [-0.4, -0.2) is 72.5 Å². The predicted octanol–water partition coefficient (Wildman–Crippen LogP) is 1.58. The van der Waals surface area contributed by atoms with Crippen LogP contribution >= 0.6 is 0 Å². The van der Waals surface area contributed by atoms with Crippen molar-refractivity contribution in [1.29, 1.82) is 5.26 Å². The molecule has 3 aliphatic heterocycles. The number of aryl methyl sites for hydroxylation is 1. The molecule has 4 rings (SSSR count). The van der Waals surface area contributed by atoms with Gasteiger partial charge in [-0.15, -0.1) is 0 Å². The number of benzene rings is 1. The fraction of sp³-hybridized carbons (Fsp3) is 0.625. The van der Waals surface area contributed by atoms with Gasteiger partial charge in [-0.3, -0.25) is 9.59 Å². The van der Waals surface area contributed by atoms with Gasteiger partial charge in [-0.25, -0.2) is 0 Å². The van der Waals surface area contributed by atoms with E-state index in [-0.39, 0.29) is 43.4 Å². The zero-order valence-electron chi connectivity index (χ0n) is 19.8. The van der Waals surface area contributed by atoms with E-state index in [2.05, 4.69) is 11.4 Å². The number of piperidine rings is 1. The SMILES string of the molecule is Cc1ccc([C@H](C)NC(=O)[C@H]2CCCN2C(=O)[C@H]2CCCN(S(=O)(=O)N3CC(C#N)C3)C2)cc1. The summed E-state index contributed by atoms with van der Waals surface area (Å²) in [5.41, 5.74) is 2.16. The summed E-state index contributed by atoms with van der Waals surface area (Å²) < 4.78 is 28.5. The standard InChI is InChI=1S/C24H33N5O4S/c1-17-7-9-20(10-8-17)18(2)26-23(30)22-6-4-12-29(22)24(31)21-5-3-11-27(16-21)34(32,33)28-14-19(13-25)15-28/h7-10,18-19,21-22H,3-6,11-12,14-16H2,1-2H3,(H,26,30)/t18-,21-,22+/m0/s1. The van der Waals surface area contributed by atoms with Crippen LogP contribution in [0.25, 0.3) is 0 Å². The van der Waals surface area contributed by atoms with E-state index in [1.165, 1.54) is 8.61 Å². The summed E-state index contributed by atoms with van der Waals surface area (Å²) in [6.45, 7) is 5.37. The molecule has 3 atom stereocenters. The highest BCUT2D eigenvalue weighted by atomic mass is 32.2. The number of rotatable bonds is 6. The van der Waals surface area contributed by atoms with Crippen LogP contribution in [0, 0.1) is 30.1 Å². The predicted molar refractivity (Wildman–Crippen MR) is 126 cm³/mol. The van der Waals surface area contributed by atoms with Crippen molar-refractivity contribution in [2.24, 2.45) is 11.8 Å². The number of amides is 2. The number of hydrogen-bond acceptors (Lipinski definition) is 5. The first-order valence-corrected chi connectivity index (χ1v) is 13.4. The third-order valence-corrected chi connectivity index (χ3v) is 9.13. The molecule has 3 heterocycles. The number of nitrogens with one attached hydrogen (secondary N) is 1. The first-order chi connectivity index (χ1) is 16.2. The molecule has 0 radical (unpaired) electrons. The lowest BCUT2D eigenvalue weighted by atomic mass is 9.97. The average Bonchev–Trinajstić information content (AvgIpc) is 3.28. The Morgan fingerprint density at radius 2 is 1.74 bits per heavy atom. The Morgan fingerprint density at radius 1 is 1.06 bits per heavy atom. The Labute approximate surface area is 201 Å². The second kappa shape index (κ2) is 10.0. The van der Waals surface area contributed by atoms with E-state index in [0.717, 1.165) is 17.5 Å². The number of nitrogens with zero attached hydrogens (tertiary/aromatic N) is 4. The Bertz CT molecular complexity index is 1060. The van der Waals surface area contributed by atoms with Crippen LogP contribution in [0.3, 0.4) is 0 Å². The van der Waals surface area contributed by atoms with Crippen molar-refractivity contribution in [3.63, 3.8) is 0 Å². The molecule has 0 bridgehead atoms. The van der Waals surface area contributed by atoms with Gasteiger partial charge < -0.3 is 10.2 Å². The maximum absolute atomic E-state index is 13.4. The van der Waals surface area contributed by atoms with Crippen LogP contribution in [0.2, 0.25) is 0 Å². The van der Waals surface area contributed by atoms with Gasteiger partial charge in [0, 0.05) is 32.7 Å². The number of carbonyl (C=O) groups excluding carboxylic acids is 2. The molecule has 0 spiro atoms. The van der Waals surface area contributed by atoms with Crippen molar-refractivity contribution in [2.45, 2.75) is 51.6 Å². The minimum Gasteiger partial charge on any atom is -0.348 e. The monoisotopic (exact) mass is 487 g/mol. The topological polar surface area (TPSA) is 114 Å². The zero-order chi connectivity index (χ0) is 24.5. The van der Waals surface area contributed by atoms with Gasteiger partial charge in [-0.1, -0.05) is 29.8 Å². The van der Waals surface area contributed by atoms with Gasteiger partial charge in [0.05, 0.1) is 23.9 Å². The molecule has 184 valence electrons. The van der Waals surface area contributed by atoms with Crippen molar-refractivity contribution in [2.75, 3.05) is 32.7 Å². The quantitative estimate of drug-likeness (QED) is 0.654. The molecular formula is C24H33N5O4S. The smallest absolute Gasteiger partial charge is 0.282 e. The summed E-state index contributed by atoms with van der Waals surface area (Å²) in [4.78, 5) is 28.1. The largest absolute Gasteiger partial charge is 0.348 e. The second-order valence-corrected chi connectivity index (χ2v) is 11.6. The van der Waals surface area contributed by atoms with Crippen LogP contribution in [0.1, 0.15) is 49.8 Å². The van der Waals surface area contributed by atoms with Gasteiger partial charge in [0.2, 0.25) is 11.8 Å². The molecular weight excluding hydrogens is 454 g/mol. The molecule has 0 unspecified atom stereocenters. The normalized spacial score (nSPS) is 25.4. The Morgan fingerprint density at radius 3 is 2.41 bits per heavy atom. The molecule has 10 heteroatoms. The number of carbonyl (C=O) groups is 2. The van der Waals surface area contributed by atoms with Crippen LogP contribution in [0.4, 0.5) is 0 Å². The summed E-state index contributed by atoms with van der Waals surface area (Å²) in [5, 5.41) is 12.0. The summed E-state index contributed by atoms with van der Waals surface area (Å²) in [5.74, 6) is -1.02. The summed E-state index contributed by atoms with van der Waals surface area (Å²) >= 11 is 0. The third kappa shape index (κ3) is 4.97. The van der Waals surface area contributed by atoms with Crippen LogP contribution in [0.15, 0.2) is 24.3 Å². The second-order valence-electron chi connectivity index (χ2n) is 9.68. The van der Waals surface area contributed by atoms with E-state index >= 15 is 0 Å². The number of likely N-dealkylation sites (tertiary alicyclic amines) is 1. The van der Waals surface area contributed by atoms with E-state index in [4.69, 9.17) is 5.26 Å². The van der Waals surface area contributed by atoms with Gasteiger partial charge in [-0.05, 0) is 45.1 Å². The van der Waals surface area contributed by atoms with Crippen molar-refractivity contribution >= 4 is 22.0 Å². The molecule has 0 saturated carbocycles. The van der Waals surface area contributed by atoms with E-state index < -0.39 is 22.2 Å². The van der Waals surface area contributed by atoms with E-state index in [9.17, 15) is 18.0 Å². The van der Waals surface area contributed by atoms with Gasteiger partial charge in [0.25, 0.3) is 10.2 Å². The number of hydrogen-bond donors (Lipinski definition) is 1. The van der Waals surface area contributed by atoms with Crippen molar-refractivity contribution in [3.8, 4) is 6.07 Å². The highest BCUT2D eigenvalue weighted by Crippen LogP contribution is 2.29. The molecule has 3 fully saturated rings. The van der Waals surface area contributed by atoms with Crippen molar-refractivity contribution in [1.82, 2.24) is 18.8 Å². The summed E-state index contributed by atoms with van der Waals surface area (Å²) in [6.07, 6.45) is 2.56. The van der Waals surface area contributed by atoms with E-state index in [0.29, 0.717) is 32.4 Å². The molecule has 1 aromatic rings.